The summed E-state index contributed by atoms with van der Waals surface area (Å²) in [6.07, 6.45) is 1.49. The van der Waals surface area contributed by atoms with Gasteiger partial charge in [0, 0.05) is 25.6 Å². The first-order valence-electron chi connectivity index (χ1n) is 9.98. The molecule has 1 aliphatic heterocycles. The van der Waals surface area contributed by atoms with Gasteiger partial charge in [-0.25, -0.2) is 8.42 Å². The van der Waals surface area contributed by atoms with Crippen molar-refractivity contribution in [2.75, 3.05) is 38.2 Å². The maximum atomic E-state index is 12.0. The number of hydrogen-bond acceptors (Lipinski definition) is 5. The van der Waals surface area contributed by atoms with Gasteiger partial charge in [0.2, 0.25) is 5.91 Å². The van der Waals surface area contributed by atoms with E-state index in [1.54, 1.807) is 7.11 Å². The maximum absolute atomic E-state index is 12.0. The lowest BCUT2D eigenvalue weighted by molar-refractivity contribution is -0.121. The molecule has 162 valence electrons. The second kappa shape index (κ2) is 11.0. The van der Waals surface area contributed by atoms with E-state index in [9.17, 15) is 13.2 Å². The number of amides is 1. The first kappa shape index (κ1) is 23.0. The summed E-state index contributed by atoms with van der Waals surface area (Å²) in [5.41, 5.74) is 2.31. The smallest absolute Gasteiger partial charge is 0.222 e. The molecule has 8 nitrogen and oxygen atoms in total. The van der Waals surface area contributed by atoms with Crippen molar-refractivity contribution in [1.82, 2.24) is 16.0 Å². The molecule has 1 saturated heterocycles. The minimum Gasteiger partial charge on any atom is -0.496 e. The number of carbonyl (C=O) groups is 1. The van der Waals surface area contributed by atoms with E-state index < -0.39 is 9.84 Å². The van der Waals surface area contributed by atoms with Crippen LogP contribution in [-0.2, 0) is 21.1 Å². The first-order chi connectivity index (χ1) is 13.8. The maximum Gasteiger partial charge on any atom is 0.222 e. The fourth-order valence-corrected chi connectivity index (χ4v) is 4.91. The molecule has 0 radical (unpaired) electrons. The third kappa shape index (κ3) is 7.92. The van der Waals surface area contributed by atoms with E-state index in [1.807, 2.05) is 26.0 Å². The highest BCUT2D eigenvalue weighted by atomic mass is 32.2. The molecule has 9 heteroatoms. The predicted molar refractivity (Wildman–Crippen MR) is 115 cm³/mol. The molecule has 1 amide bonds. The fraction of sp³-hybridized carbons (Fsp3) is 0.600. The van der Waals surface area contributed by atoms with Crippen LogP contribution in [-0.4, -0.2) is 64.6 Å². The molecule has 0 bridgehead atoms. The minimum atomic E-state index is -2.99. The molecule has 1 fully saturated rings. The lowest BCUT2D eigenvalue weighted by Gasteiger charge is -2.13. The third-order valence-corrected chi connectivity index (χ3v) is 6.44. The lowest BCUT2D eigenvalue weighted by atomic mass is 10.1. The first-order valence-corrected chi connectivity index (χ1v) is 11.8. The Kier molecular flexibility index (Phi) is 8.75. The number of aryl methyl sites for hydroxylation is 1. The summed E-state index contributed by atoms with van der Waals surface area (Å²) in [4.78, 5) is 16.5. The molecular weight excluding hydrogens is 392 g/mol. The van der Waals surface area contributed by atoms with E-state index >= 15 is 0 Å². The summed E-state index contributed by atoms with van der Waals surface area (Å²) in [7, 11) is -1.33. The van der Waals surface area contributed by atoms with Crippen LogP contribution in [0.5, 0.6) is 5.75 Å². The van der Waals surface area contributed by atoms with Crippen LogP contribution in [0.2, 0.25) is 0 Å². The molecule has 1 aromatic rings. The van der Waals surface area contributed by atoms with Crippen LogP contribution < -0.4 is 20.7 Å². The Morgan fingerprint density at radius 1 is 1.31 bits per heavy atom. The average molecular weight is 425 g/mol. The number of methoxy groups -OCH3 is 1. The zero-order valence-corrected chi connectivity index (χ0v) is 18.3. The zero-order chi connectivity index (χ0) is 21.3. The average Bonchev–Trinajstić information content (AvgIpc) is 3.00. The highest BCUT2D eigenvalue weighted by molar-refractivity contribution is 7.91. The van der Waals surface area contributed by atoms with Crippen LogP contribution in [0.1, 0.15) is 30.9 Å². The van der Waals surface area contributed by atoms with Crippen molar-refractivity contribution in [1.29, 1.82) is 0 Å². The second-order valence-corrected chi connectivity index (χ2v) is 9.40. The molecule has 3 N–H and O–H groups in total. The third-order valence-electron chi connectivity index (χ3n) is 4.67. The molecule has 1 atom stereocenters. The van der Waals surface area contributed by atoms with Gasteiger partial charge in [-0.1, -0.05) is 17.7 Å². The molecule has 29 heavy (non-hydrogen) atoms. The molecule has 0 saturated carbocycles. The number of benzene rings is 1. The number of sulfone groups is 1. The Hall–Kier alpha value is -2.29. The SMILES string of the molecule is CCNC(=NCCC(=O)NC1CCS(=O)(=O)C1)NCCc1cc(C)ccc1OC. The molecule has 1 aliphatic rings. The minimum absolute atomic E-state index is 0.0363. The Balaban J connectivity index is 1.79. The summed E-state index contributed by atoms with van der Waals surface area (Å²) in [5, 5.41) is 9.21. The van der Waals surface area contributed by atoms with Gasteiger partial charge >= 0.3 is 0 Å². The Morgan fingerprint density at radius 3 is 2.76 bits per heavy atom. The van der Waals surface area contributed by atoms with Gasteiger partial charge in [0.1, 0.15) is 5.75 Å². The van der Waals surface area contributed by atoms with Crippen LogP contribution in [0, 0.1) is 6.92 Å². The van der Waals surface area contributed by atoms with Crippen molar-refractivity contribution in [3.8, 4) is 5.75 Å². The molecule has 0 aromatic heterocycles. The van der Waals surface area contributed by atoms with Crippen molar-refractivity contribution < 1.29 is 17.9 Å². The predicted octanol–water partition coefficient (Wildman–Crippen LogP) is 0.795. The Bertz CT molecular complexity index is 824. The highest BCUT2D eigenvalue weighted by Gasteiger charge is 2.28. The zero-order valence-electron chi connectivity index (χ0n) is 17.5. The number of ether oxygens (including phenoxy) is 1. The summed E-state index contributed by atoms with van der Waals surface area (Å²) < 4.78 is 28.3. The molecule has 0 spiro atoms. The monoisotopic (exact) mass is 424 g/mol. The second-order valence-electron chi connectivity index (χ2n) is 7.17. The molecule has 1 unspecified atom stereocenters. The van der Waals surface area contributed by atoms with E-state index in [0.29, 0.717) is 32.0 Å². The summed E-state index contributed by atoms with van der Waals surface area (Å²) >= 11 is 0. The standard InChI is InChI=1S/C20H32N4O4S/c1-4-21-20(22-10-7-16-13-15(2)5-6-18(16)28-3)23-11-8-19(25)24-17-9-12-29(26,27)14-17/h5-6,13,17H,4,7-12,14H2,1-3H3,(H,24,25)(H2,21,22,23). The lowest BCUT2D eigenvalue weighted by Crippen LogP contribution is -2.39. The van der Waals surface area contributed by atoms with E-state index in [-0.39, 0.29) is 29.9 Å². The summed E-state index contributed by atoms with van der Waals surface area (Å²) in [5.74, 6) is 1.53. The fourth-order valence-electron chi connectivity index (χ4n) is 3.24. The van der Waals surface area contributed by atoms with Crippen molar-refractivity contribution in [3.63, 3.8) is 0 Å². The molecule has 1 aromatic carbocycles. The Labute approximate surface area is 173 Å². The van der Waals surface area contributed by atoms with Gasteiger partial charge < -0.3 is 20.7 Å². The Morgan fingerprint density at radius 2 is 2.10 bits per heavy atom. The molecule has 1 heterocycles. The van der Waals surface area contributed by atoms with Crippen LogP contribution in [0.4, 0.5) is 0 Å². The van der Waals surface area contributed by atoms with Crippen molar-refractivity contribution in [2.45, 2.75) is 39.2 Å². The molecular formula is C20H32N4O4S. The van der Waals surface area contributed by atoms with E-state index in [4.69, 9.17) is 4.74 Å². The number of rotatable bonds is 9. The van der Waals surface area contributed by atoms with Gasteiger partial charge in [-0.3, -0.25) is 9.79 Å². The van der Waals surface area contributed by atoms with Crippen LogP contribution >= 0.6 is 0 Å². The van der Waals surface area contributed by atoms with Crippen LogP contribution in [0.3, 0.4) is 0 Å². The molecule has 2 rings (SSSR count). The highest BCUT2D eigenvalue weighted by Crippen LogP contribution is 2.19. The van der Waals surface area contributed by atoms with Crippen LogP contribution in [0.25, 0.3) is 0 Å². The topological polar surface area (TPSA) is 109 Å². The van der Waals surface area contributed by atoms with E-state index in [0.717, 1.165) is 17.7 Å². The summed E-state index contributed by atoms with van der Waals surface area (Å²) in [6, 6.07) is 5.83. The van der Waals surface area contributed by atoms with Crippen molar-refractivity contribution in [3.05, 3.63) is 29.3 Å². The summed E-state index contributed by atoms with van der Waals surface area (Å²) in [6.45, 7) is 5.75. The van der Waals surface area contributed by atoms with Gasteiger partial charge in [-0.2, -0.15) is 0 Å². The van der Waals surface area contributed by atoms with E-state index in [2.05, 4.69) is 27.0 Å². The number of nitrogens with zero attached hydrogens (tertiary/aromatic N) is 1. The van der Waals surface area contributed by atoms with Crippen molar-refractivity contribution >= 4 is 21.7 Å². The van der Waals surface area contributed by atoms with Gasteiger partial charge in [-0.15, -0.1) is 0 Å². The normalized spacial score (nSPS) is 18.3. The number of hydrogen-bond donors (Lipinski definition) is 3. The van der Waals surface area contributed by atoms with Gasteiger partial charge in [-0.05, 0) is 38.3 Å². The van der Waals surface area contributed by atoms with Gasteiger partial charge in [0.05, 0.1) is 25.2 Å². The largest absolute Gasteiger partial charge is 0.496 e. The van der Waals surface area contributed by atoms with Crippen molar-refractivity contribution in [2.24, 2.45) is 4.99 Å². The van der Waals surface area contributed by atoms with Gasteiger partial charge in [0.25, 0.3) is 0 Å². The van der Waals surface area contributed by atoms with Gasteiger partial charge in [0.15, 0.2) is 15.8 Å². The molecule has 0 aliphatic carbocycles. The number of guanidine groups is 1. The number of aliphatic imine (C=N–C) groups is 1. The van der Waals surface area contributed by atoms with Crippen LogP contribution in [0.15, 0.2) is 23.2 Å². The quantitative estimate of drug-likeness (QED) is 0.400. The van der Waals surface area contributed by atoms with E-state index in [1.165, 1.54) is 5.56 Å². The number of nitrogens with one attached hydrogen (secondary N) is 3. The number of carbonyl (C=O) groups excluding carboxylic acids is 1.